The van der Waals surface area contributed by atoms with Crippen molar-refractivity contribution >= 4 is 5.78 Å². The van der Waals surface area contributed by atoms with Gasteiger partial charge in [0.2, 0.25) is 17.2 Å². The molecule has 1 unspecified atom stereocenters. The minimum absolute atomic E-state index is 0.268. The molecule has 4 nitrogen and oxygen atoms in total. The minimum atomic E-state index is -2.00. The van der Waals surface area contributed by atoms with Gasteiger partial charge in [-0.15, -0.1) is 0 Å². The van der Waals surface area contributed by atoms with Crippen LogP contribution in [0.1, 0.15) is 0 Å². The van der Waals surface area contributed by atoms with Crippen molar-refractivity contribution in [3.05, 3.63) is 36.6 Å². The number of ketones is 1. The molecule has 0 saturated carbocycles. The summed E-state index contributed by atoms with van der Waals surface area (Å²) in [7, 11) is 0. The number of hydrogen-bond donors (Lipinski definition) is 2. The Kier molecular flexibility index (Phi) is 1.33. The highest BCUT2D eigenvalue weighted by Gasteiger charge is 2.59. The van der Waals surface area contributed by atoms with Crippen molar-refractivity contribution < 1.29 is 19.7 Å². The van der Waals surface area contributed by atoms with Crippen LogP contribution >= 0.6 is 0 Å². The highest BCUT2D eigenvalue weighted by Crippen LogP contribution is 2.47. The van der Waals surface area contributed by atoms with Crippen LogP contribution in [0.4, 0.5) is 0 Å². The molecule has 4 heteroatoms. The van der Waals surface area contributed by atoms with Gasteiger partial charge in [0.25, 0.3) is 0 Å². The van der Waals surface area contributed by atoms with Gasteiger partial charge in [0.05, 0.1) is 0 Å². The Hall–Kier alpha value is -1.39. The third kappa shape index (κ3) is 1.03. The van der Waals surface area contributed by atoms with Gasteiger partial charge in [-0.25, -0.2) is 0 Å². The van der Waals surface area contributed by atoms with Crippen molar-refractivity contribution in [2.45, 2.75) is 11.4 Å². The lowest BCUT2D eigenvalue weighted by Gasteiger charge is -2.13. The van der Waals surface area contributed by atoms with Gasteiger partial charge in [0.1, 0.15) is 0 Å². The van der Waals surface area contributed by atoms with Crippen LogP contribution in [0.5, 0.6) is 0 Å². The molecule has 1 fully saturated rings. The largest absolute Gasteiger partial charge is 0.466 e. The second-order valence-electron chi connectivity index (χ2n) is 3.03. The molecule has 0 bridgehead atoms. The van der Waals surface area contributed by atoms with Crippen molar-refractivity contribution in [1.29, 1.82) is 0 Å². The summed E-state index contributed by atoms with van der Waals surface area (Å²) >= 11 is 0. The van der Waals surface area contributed by atoms with Crippen LogP contribution < -0.4 is 0 Å². The van der Waals surface area contributed by atoms with Gasteiger partial charge in [0, 0.05) is 6.08 Å². The average molecular weight is 180 g/mol. The number of carbonyl (C=O) groups excluding carboxylic acids is 1. The Morgan fingerprint density at radius 3 is 2.77 bits per heavy atom. The lowest BCUT2D eigenvalue weighted by Crippen LogP contribution is -2.29. The number of rotatable bonds is 2. The average Bonchev–Trinajstić information content (AvgIpc) is 2.76. The number of epoxide rings is 1. The molecule has 1 aliphatic carbocycles. The zero-order chi connectivity index (χ0) is 9.69. The molecule has 1 atom stereocenters. The van der Waals surface area contributed by atoms with E-state index in [1.54, 1.807) is 0 Å². The van der Waals surface area contributed by atoms with Crippen LogP contribution in [0.2, 0.25) is 0 Å². The lowest BCUT2D eigenvalue weighted by atomic mass is 9.96. The van der Waals surface area contributed by atoms with Gasteiger partial charge in [-0.3, -0.25) is 4.79 Å². The Morgan fingerprint density at radius 1 is 1.54 bits per heavy atom. The molecular weight excluding hydrogens is 172 g/mol. The normalized spacial score (nSPS) is 32.6. The summed E-state index contributed by atoms with van der Waals surface area (Å²) in [5, 5.41) is 18.2. The molecule has 0 aromatic rings. The fourth-order valence-corrected chi connectivity index (χ4v) is 1.29. The quantitative estimate of drug-likeness (QED) is 0.263. The van der Waals surface area contributed by atoms with E-state index >= 15 is 0 Å². The standard InChI is InChI=1S/C9H8O4/c1-2-6(10)9-4-3-8(11,12)5-7(9)13-9/h2-5,11-12H,1H2. The second-order valence-corrected chi connectivity index (χ2v) is 3.03. The SMILES string of the molecule is C=CC(=O)C12C=CC(O)(O)C=C1O2. The van der Waals surface area contributed by atoms with Crippen LogP contribution in [-0.4, -0.2) is 27.4 Å². The molecule has 0 radical (unpaired) electrons. The summed E-state index contributed by atoms with van der Waals surface area (Å²) in [6.45, 7) is 3.33. The van der Waals surface area contributed by atoms with E-state index in [9.17, 15) is 4.79 Å². The first-order valence-electron chi connectivity index (χ1n) is 3.74. The van der Waals surface area contributed by atoms with Crippen molar-refractivity contribution in [3.8, 4) is 0 Å². The Morgan fingerprint density at radius 2 is 2.23 bits per heavy atom. The highest BCUT2D eigenvalue weighted by atomic mass is 16.6. The van der Waals surface area contributed by atoms with Crippen LogP contribution in [0, 0.1) is 0 Å². The summed E-state index contributed by atoms with van der Waals surface area (Å²) in [5.74, 6) is -2.04. The van der Waals surface area contributed by atoms with Crippen molar-refractivity contribution in [1.82, 2.24) is 0 Å². The Bertz CT molecular complexity index is 351. The predicted octanol–water partition coefficient (Wildman–Crippen LogP) is -0.355. The first-order chi connectivity index (χ1) is 6.00. The molecule has 2 rings (SSSR count). The topological polar surface area (TPSA) is 70.1 Å². The van der Waals surface area contributed by atoms with E-state index in [4.69, 9.17) is 14.9 Å². The maximum absolute atomic E-state index is 11.2. The maximum atomic E-state index is 11.2. The van der Waals surface area contributed by atoms with Crippen molar-refractivity contribution in [3.63, 3.8) is 0 Å². The van der Waals surface area contributed by atoms with Gasteiger partial charge < -0.3 is 14.9 Å². The Labute approximate surface area is 74.4 Å². The molecule has 1 aliphatic heterocycles. The Balaban J connectivity index is 2.34. The summed E-state index contributed by atoms with van der Waals surface area (Å²) in [6.07, 6.45) is 4.67. The lowest BCUT2D eigenvalue weighted by molar-refractivity contribution is -0.118. The van der Waals surface area contributed by atoms with Crippen LogP contribution in [0.3, 0.4) is 0 Å². The number of hydrogen-bond acceptors (Lipinski definition) is 4. The monoisotopic (exact) mass is 180 g/mol. The molecule has 2 N–H and O–H groups in total. The van der Waals surface area contributed by atoms with E-state index < -0.39 is 11.4 Å². The summed E-state index contributed by atoms with van der Waals surface area (Å²) in [6, 6.07) is 0. The van der Waals surface area contributed by atoms with Gasteiger partial charge in [0.15, 0.2) is 5.76 Å². The predicted molar refractivity (Wildman–Crippen MR) is 43.4 cm³/mol. The van der Waals surface area contributed by atoms with Gasteiger partial charge in [-0.1, -0.05) is 6.58 Å². The van der Waals surface area contributed by atoms with E-state index in [0.717, 1.165) is 18.2 Å². The van der Waals surface area contributed by atoms with Crippen molar-refractivity contribution in [2.24, 2.45) is 0 Å². The maximum Gasteiger partial charge on any atom is 0.245 e. The molecule has 1 heterocycles. The summed E-state index contributed by atoms with van der Waals surface area (Å²) < 4.78 is 4.99. The van der Waals surface area contributed by atoms with E-state index in [1.807, 2.05) is 0 Å². The molecule has 0 amide bonds. The zero-order valence-electron chi connectivity index (χ0n) is 6.73. The third-order valence-electron chi connectivity index (χ3n) is 2.05. The molecular formula is C9H8O4. The highest BCUT2D eigenvalue weighted by molar-refractivity contribution is 6.04. The molecule has 68 valence electrons. The second kappa shape index (κ2) is 2.10. The van der Waals surface area contributed by atoms with Gasteiger partial charge >= 0.3 is 0 Å². The smallest absolute Gasteiger partial charge is 0.245 e. The van der Waals surface area contributed by atoms with Crippen molar-refractivity contribution in [2.75, 3.05) is 0 Å². The van der Waals surface area contributed by atoms with Crippen LogP contribution in [0.25, 0.3) is 0 Å². The first kappa shape index (κ1) is 8.22. The van der Waals surface area contributed by atoms with Crippen LogP contribution in [-0.2, 0) is 9.53 Å². The summed E-state index contributed by atoms with van der Waals surface area (Å²) in [5.41, 5.74) is -1.09. The molecule has 0 spiro atoms. The molecule has 13 heavy (non-hydrogen) atoms. The number of aliphatic hydroxyl groups is 2. The number of ether oxygens (including phenoxy) is 1. The van der Waals surface area contributed by atoms with E-state index in [0.29, 0.717) is 0 Å². The fourth-order valence-electron chi connectivity index (χ4n) is 1.29. The van der Waals surface area contributed by atoms with E-state index in [1.165, 1.54) is 6.08 Å². The number of carbonyl (C=O) groups is 1. The first-order valence-corrected chi connectivity index (χ1v) is 3.74. The minimum Gasteiger partial charge on any atom is -0.466 e. The third-order valence-corrected chi connectivity index (χ3v) is 2.05. The molecule has 1 saturated heterocycles. The molecule has 0 aromatic carbocycles. The van der Waals surface area contributed by atoms with Gasteiger partial charge in [-0.2, -0.15) is 0 Å². The van der Waals surface area contributed by atoms with E-state index in [2.05, 4.69) is 6.58 Å². The van der Waals surface area contributed by atoms with Gasteiger partial charge in [-0.05, 0) is 18.2 Å². The molecule has 0 aromatic heterocycles. The summed E-state index contributed by atoms with van der Waals surface area (Å²) in [4.78, 5) is 11.2. The van der Waals surface area contributed by atoms with E-state index in [-0.39, 0.29) is 11.5 Å². The zero-order valence-corrected chi connectivity index (χ0v) is 6.73. The fraction of sp³-hybridized carbons (Fsp3) is 0.222. The van der Waals surface area contributed by atoms with Crippen LogP contribution in [0.15, 0.2) is 36.6 Å². The number of fused-ring (bicyclic) bond motifs is 1. The molecule has 2 aliphatic rings.